The van der Waals surface area contributed by atoms with E-state index in [-0.39, 0.29) is 0 Å². The Hall–Kier alpha value is -2.00. The number of nitrogens with zero attached hydrogens (tertiary/aromatic N) is 4. The van der Waals surface area contributed by atoms with Gasteiger partial charge in [0.25, 0.3) is 0 Å². The molecule has 1 fully saturated rings. The Bertz CT molecular complexity index is 652. The van der Waals surface area contributed by atoms with Gasteiger partial charge in [0.05, 0.1) is 0 Å². The molecule has 22 heavy (non-hydrogen) atoms. The molecule has 1 aliphatic rings. The van der Waals surface area contributed by atoms with Crippen LogP contribution in [0.2, 0.25) is 0 Å². The molecule has 1 aliphatic carbocycles. The molecule has 2 heterocycles. The van der Waals surface area contributed by atoms with Crippen LogP contribution in [0.1, 0.15) is 30.5 Å². The summed E-state index contributed by atoms with van der Waals surface area (Å²) in [4.78, 5) is 10.7. The van der Waals surface area contributed by atoms with E-state index in [1.807, 2.05) is 11.4 Å². The van der Waals surface area contributed by atoms with Crippen LogP contribution >= 0.6 is 11.3 Å². The van der Waals surface area contributed by atoms with Gasteiger partial charge in [-0.15, -0.1) is 0 Å². The first-order valence-electron chi connectivity index (χ1n) is 7.38. The van der Waals surface area contributed by atoms with E-state index in [1.54, 1.807) is 23.6 Å². The molecule has 0 bridgehead atoms. The molecule has 3 rings (SSSR count). The van der Waals surface area contributed by atoms with Crippen molar-refractivity contribution in [3.63, 3.8) is 0 Å². The van der Waals surface area contributed by atoms with Gasteiger partial charge in [-0.3, -0.25) is 0 Å². The summed E-state index contributed by atoms with van der Waals surface area (Å²) >= 11 is 1.65. The minimum atomic E-state index is -0.681. The lowest BCUT2D eigenvalue weighted by atomic mass is 10.1. The van der Waals surface area contributed by atoms with Gasteiger partial charge in [0.15, 0.2) is 0 Å². The Morgan fingerprint density at radius 1 is 1.41 bits per heavy atom. The van der Waals surface area contributed by atoms with Crippen molar-refractivity contribution in [2.45, 2.75) is 32.0 Å². The minimum absolute atomic E-state index is 0.322. The van der Waals surface area contributed by atoms with Gasteiger partial charge >= 0.3 is 0 Å². The Balaban J connectivity index is 1.80. The molecule has 1 saturated carbocycles. The van der Waals surface area contributed by atoms with Crippen molar-refractivity contribution in [1.82, 2.24) is 9.97 Å². The molecule has 0 saturated heterocycles. The molecular formula is C16H17FN4S. The third-order valence-corrected chi connectivity index (χ3v) is 4.68. The standard InChI is InChI=1S/C16H17FN4S/c17-14-2-1-12(7-14)9-21(10-13-4-6-22-11-13)16-19-5-3-15(8-18)20-16/h3-6,11-12,14H,1-2,7,9-10H2. The molecule has 2 unspecified atom stereocenters. The largest absolute Gasteiger partial charge is 0.336 e. The Labute approximate surface area is 133 Å². The number of hydrogen-bond acceptors (Lipinski definition) is 5. The molecule has 0 spiro atoms. The molecule has 0 amide bonds. The fourth-order valence-electron chi connectivity index (χ4n) is 2.87. The van der Waals surface area contributed by atoms with Crippen LogP contribution in [0.25, 0.3) is 0 Å². The summed E-state index contributed by atoms with van der Waals surface area (Å²) in [7, 11) is 0. The van der Waals surface area contributed by atoms with Crippen molar-refractivity contribution >= 4 is 17.3 Å². The summed E-state index contributed by atoms with van der Waals surface area (Å²) in [5.41, 5.74) is 1.54. The van der Waals surface area contributed by atoms with Gasteiger partial charge in [-0.05, 0) is 53.6 Å². The first-order chi connectivity index (χ1) is 10.7. The minimum Gasteiger partial charge on any atom is -0.336 e. The lowest BCUT2D eigenvalue weighted by Crippen LogP contribution is -2.30. The number of nitriles is 1. The number of hydrogen-bond donors (Lipinski definition) is 0. The number of alkyl halides is 1. The highest BCUT2D eigenvalue weighted by atomic mass is 32.1. The van der Waals surface area contributed by atoms with Crippen LogP contribution in [0.3, 0.4) is 0 Å². The van der Waals surface area contributed by atoms with Gasteiger partial charge in [-0.25, -0.2) is 14.4 Å². The van der Waals surface area contributed by atoms with Crippen LogP contribution < -0.4 is 4.90 Å². The molecule has 0 aliphatic heterocycles. The fraction of sp³-hybridized carbons (Fsp3) is 0.438. The van der Waals surface area contributed by atoms with Gasteiger partial charge in [0, 0.05) is 19.3 Å². The summed E-state index contributed by atoms with van der Waals surface area (Å²) in [6, 6.07) is 5.71. The molecule has 0 radical (unpaired) electrons. The van der Waals surface area contributed by atoms with Crippen LogP contribution in [0.5, 0.6) is 0 Å². The highest BCUT2D eigenvalue weighted by Gasteiger charge is 2.27. The third-order valence-electron chi connectivity index (χ3n) is 3.95. The van der Waals surface area contributed by atoms with Gasteiger partial charge in [0.2, 0.25) is 5.95 Å². The van der Waals surface area contributed by atoms with E-state index in [9.17, 15) is 4.39 Å². The smallest absolute Gasteiger partial charge is 0.226 e. The summed E-state index contributed by atoms with van der Waals surface area (Å²) in [6.07, 6.45) is 3.08. The van der Waals surface area contributed by atoms with Crippen molar-refractivity contribution in [2.75, 3.05) is 11.4 Å². The third kappa shape index (κ3) is 3.60. The average Bonchev–Trinajstić information content (AvgIpc) is 3.18. The fourth-order valence-corrected chi connectivity index (χ4v) is 3.53. The van der Waals surface area contributed by atoms with Crippen molar-refractivity contribution in [1.29, 1.82) is 5.26 Å². The lowest BCUT2D eigenvalue weighted by molar-refractivity contribution is 0.330. The zero-order valence-corrected chi connectivity index (χ0v) is 13.0. The summed E-state index contributed by atoms with van der Waals surface area (Å²) < 4.78 is 13.4. The van der Waals surface area contributed by atoms with Gasteiger partial charge in [-0.2, -0.15) is 16.6 Å². The number of rotatable bonds is 5. The maximum Gasteiger partial charge on any atom is 0.226 e. The zero-order valence-electron chi connectivity index (χ0n) is 12.2. The second-order valence-electron chi connectivity index (χ2n) is 5.64. The zero-order chi connectivity index (χ0) is 15.4. The van der Waals surface area contributed by atoms with Crippen LogP contribution in [-0.4, -0.2) is 22.7 Å². The summed E-state index contributed by atoms with van der Waals surface area (Å²) in [5, 5.41) is 13.1. The molecular weight excluding hydrogens is 299 g/mol. The second kappa shape index (κ2) is 6.84. The Kier molecular flexibility index (Phi) is 4.64. The van der Waals surface area contributed by atoms with E-state index < -0.39 is 6.17 Å². The van der Waals surface area contributed by atoms with Crippen molar-refractivity contribution in [2.24, 2.45) is 5.92 Å². The maximum absolute atomic E-state index is 13.4. The Morgan fingerprint density at radius 2 is 2.32 bits per heavy atom. The summed E-state index contributed by atoms with van der Waals surface area (Å²) in [6.45, 7) is 1.41. The van der Waals surface area contributed by atoms with E-state index >= 15 is 0 Å². The van der Waals surface area contributed by atoms with E-state index in [4.69, 9.17) is 5.26 Å². The van der Waals surface area contributed by atoms with E-state index in [2.05, 4.69) is 26.3 Å². The number of anilines is 1. The monoisotopic (exact) mass is 316 g/mol. The van der Waals surface area contributed by atoms with Crippen LogP contribution in [0.4, 0.5) is 10.3 Å². The highest BCUT2D eigenvalue weighted by Crippen LogP contribution is 2.30. The number of thiophene rings is 1. The van der Waals surface area contributed by atoms with Gasteiger partial charge < -0.3 is 4.90 Å². The molecule has 4 nitrogen and oxygen atoms in total. The predicted molar refractivity (Wildman–Crippen MR) is 84.4 cm³/mol. The van der Waals surface area contributed by atoms with Crippen molar-refractivity contribution in [3.05, 3.63) is 40.3 Å². The lowest BCUT2D eigenvalue weighted by Gasteiger charge is -2.25. The maximum atomic E-state index is 13.4. The van der Waals surface area contributed by atoms with Crippen LogP contribution in [0.15, 0.2) is 29.1 Å². The second-order valence-corrected chi connectivity index (χ2v) is 6.42. The molecule has 0 N–H and O–H groups in total. The molecule has 0 aromatic carbocycles. The van der Waals surface area contributed by atoms with Crippen LogP contribution in [-0.2, 0) is 6.54 Å². The van der Waals surface area contributed by atoms with Gasteiger partial charge in [0.1, 0.15) is 17.9 Å². The average molecular weight is 316 g/mol. The predicted octanol–water partition coefficient (Wildman–Crippen LogP) is 3.55. The number of aromatic nitrogens is 2. The quantitative estimate of drug-likeness (QED) is 0.846. The van der Waals surface area contributed by atoms with Gasteiger partial charge in [-0.1, -0.05) is 0 Å². The molecule has 6 heteroatoms. The molecule has 2 aromatic heterocycles. The van der Waals surface area contributed by atoms with E-state index in [1.165, 1.54) is 5.56 Å². The molecule has 114 valence electrons. The van der Waals surface area contributed by atoms with Crippen molar-refractivity contribution < 1.29 is 4.39 Å². The van der Waals surface area contributed by atoms with E-state index in [0.717, 1.165) is 13.0 Å². The number of halogens is 1. The molecule has 2 atom stereocenters. The van der Waals surface area contributed by atoms with E-state index in [0.29, 0.717) is 36.9 Å². The highest BCUT2D eigenvalue weighted by molar-refractivity contribution is 7.07. The normalized spacial score (nSPS) is 20.7. The Morgan fingerprint density at radius 3 is 3.00 bits per heavy atom. The van der Waals surface area contributed by atoms with Crippen LogP contribution in [0, 0.1) is 17.2 Å². The first kappa shape index (κ1) is 14.9. The molecule has 2 aromatic rings. The van der Waals surface area contributed by atoms with Crippen molar-refractivity contribution in [3.8, 4) is 6.07 Å². The summed E-state index contributed by atoms with van der Waals surface area (Å²) in [5.74, 6) is 0.871. The topological polar surface area (TPSA) is 52.8 Å². The first-order valence-corrected chi connectivity index (χ1v) is 8.32. The SMILES string of the molecule is N#Cc1ccnc(N(Cc2ccsc2)CC2CCC(F)C2)n1.